The van der Waals surface area contributed by atoms with Gasteiger partial charge in [-0.2, -0.15) is 0 Å². The maximum atomic E-state index is 12.2. The Hall–Kier alpha value is -0.880. The first-order valence-corrected chi connectivity index (χ1v) is 8.27. The summed E-state index contributed by atoms with van der Waals surface area (Å²) in [6.07, 6.45) is 0. The Morgan fingerprint density at radius 3 is 2.50 bits per heavy atom. The van der Waals surface area contributed by atoms with Crippen LogP contribution < -0.4 is 0 Å². The van der Waals surface area contributed by atoms with Crippen LogP contribution in [0.5, 0.6) is 0 Å². The van der Waals surface area contributed by atoms with Gasteiger partial charge in [-0.1, -0.05) is 15.9 Å². The largest absolute Gasteiger partial charge is 0.334 e. The molecule has 0 saturated carbocycles. The number of carbonyl (C=O) groups excluding carboxylic acids is 1. The lowest BCUT2D eigenvalue weighted by atomic mass is 10.1. The summed E-state index contributed by atoms with van der Waals surface area (Å²) in [7, 11) is -2.99. The minimum atomic E-state index is -2.99. The molecule has 18 heavy (non-hydrogen) atoms. The molecule has 4 nitrogen and oxygen atoms in total. The lowest BCUT2D eigenvalue weighted by Gasteiger charge is -2.33. The molecule has 1 aliphatic heterocycles. The van der Waals surface area contributed by atoms with E-state index in [0.717, 1.165) is 4.47 Å². The van der Waals surface area contributed by atoms with Crippen molar-refractivity contribution in [2.45, 2.75) is 13.0 Å². The molecule has 2 rings (SSSR count). The van der Waals surface area contributed by atoms with Gasteiger partial charge >= 0.3 is 0 Å². The quantitative estimate of drug-likeness (QED) is 0.787. The van der Waals surface area contributed by atoms with Crippen LogP contribution in [0, 0.1) is 0 Å². The van der Waals surface area contributed by atoms with Crippen molar-refractivity contribution in [2.75, 3.05) is 18.1 Å². The Kier molecular flexibility index (Phi) is 3.77. The van der Waals surface area contributed by atoms with Gasteiger partial charge in [0.05, 0.1) is 11.5 Å². The van der Waals surface area contributed by atoms with E-state index in [4.69, 9.17) is 0 Å². The molecule has 1 aromatic carbocycles. The number of sulfone groups is 1. The first kappa shape index (κ1) is 13.5. The van der Waals surface area contributed by atoms with Crippen LogP contribution in [-0.2, 0) is 9.84 Å². The number of hydrogen-bond acceptors (Lipinski definition) is 3. The molecule has 1 amide bonds. The second-order valence-electron chi connectivity index (χ2n) is 4.47. The molecule has 1 fully saturated rings. The molecule has 0 radical (unpaired) electrons. The van der Waals surface area contributed by atoms with Crippen LogP contribution in [0.25, 0.3) is 0 Å². The minimum Gasteiger partial charge on any atom is -0.334 e. The van der Waals surface area contributed by atoms with Gasteiger partial charge in [0.1, 0.15) is 0 Å². The van der Waals surface area contributed by atoms with Crippen molar-refractivity contribution in [3.8, 4) is 0 Å². The summed E-state index contributed by atoms with van der Waals surface area (Å²) in [6.45, 7) is 2.05. The molecule has 98 valence electrons. The number of halogens is 1. The maximum absolute atomic E-state index is 12.2. The predicted octanol–water partition coefficient (Wildman–Crippen LogP) is 1.71. The molecule has 0 N–H and O–H groups in total. The molecule has 6 heteroatoms. The highest BCUT2D eigenvalue weighted by molar-refractivity contribution is 9.10. The summed E-state index contributed by atoms with van der Waals surface area (Å²) in [4.78, 5) is 13.9. The summed E-state index contributed by atoms with van der Waals surface area (Å²) in [5.41, 5.74) is 0.587. The summed E-state index contributed by atoms with van der Waals surface area (Å²) in [5.74, 6) is -0.000546. The molecular formula is C12H14BrNO3S. The normalized spacial score (nSPS) is 22.8. The molecule has 1 aliphatic rings. The van der Waals surface area contributed by atoms with Crippen LogP contribution in [0.3, 0.4) is 0 Å². The van der Waals surface area contributed by atoms with E-state index in [2.05, 4.69) is 15.9 Å². The number of rotatable bonds is 1. The highest BCUT2D eigenvalue weighted by atomic mass is 79.9. The van der Waals surface area contributed by atoms with Gasteiger partial charge in [0.15, 0.2) is 9.84 Å². The van der Waals surface area contributed by atoms with Gasteiger partial charge < -0.3 is 4.90 Å². The smallest absolute Gasteiger partial charge is 0.254 e. The molecule has 1 atom stereocenters. The second kappa shape index (κ2) is 5.01. The minimum absolute atomic E-state index is 0.0509. The maximum Gasteiger partial charge on any atom is 0.254 e. The number of hydrogen-bond donors (Lipinski definition) is 0. The molecular weight excluding hydrogens is 318 g/mol. The number of carbonyl (C=O) groups is 1. The zero-order valence-electron chi connectivity index (χ0n) is 9.97. The van der Waals surface area contributed by atoms with Crippen LogP contribution in [0.4, 0.5) is 0 Å². The fraction of sp³-hybridized carbons (Fsp3) is 0.417. The zero-order chi connectivity index (χ0) is 13.3. The van der Waals surface area contributed by atoms with E-state index in [1.807, 2.05) is 0 Å². The van der Waals surface area contributed by atoms with E-state index in [9.17, 15) is 13.2 Å². The first-order valence-electron chi connectivity index (χ1n) is 5.66. The third-order valence-electron chi connectivity index (χ3n) is 3.02. The van der Waals surface area contributed by atoms with Gasteiger partial charge in [-0.3, -0.25) is 4.79 Å². The molecule has 0 aliphatic carbocycles. The van der Waals surface area contributed by atoms with E-state index in [1.54, 1.807) is 36.1 Å². The van der Waals surface area contributed by atoms with Crippen LogP contribution >= 0.6 is 15.9 Å². The average Bonchev–Trinajstić information content (AvgIpc) is 2.28. The zero-order valence-corrected chi connectivity index (χ0v) is 12.4. The second-order valence-corrected chi connectivity index (χ2v) is 7.61. The topological polar surface area (TPSA) is 54.5 Å². The van der Waals surface area contributed by atoms with Crippen molar-refractivity contribution in [1.82, 2.24) is 4.90 Å². The molecule has 1 aromatic rings. The van der Waals surface area contributed by atoms with Crippen molar-refractivity contribution in [2.24, 2.45) is 0 Å². The predicted molar refractivity (Wildman–Crippen MR) is 73.3 cm³/mol. The first-order chi connectivity index (χ1) is 8.39. The van der Waals surface area contributed by atoms with Gasteiger partial charge in [-0.25, -0.2) is 8.42 Å². The van der Waals surface area contributed by atoms with Crippen molar-refractivity contribution >= 4 is 31.7 Å². The number of amides is 1. The molecule has 1 saturated heterocycles. The number of benzene rings is 1. The van der Waals surface area contributed by atoms with Crippen molar-refractivity contribution in [3.63, 3.8) is 0 Å². The van der Waals surface area contributed by atoms with Crippen LogP contribution in [0.2, 0.25) is 0 Å². The fourth-order valence-corrected chi connectivity index (χ4v) is 3.88. The van der Waals surface area contributed by atoms with E-state index in [1.165, 1.54) is 0 Å². The Morgan fingerprint density at radius 1 is 1.33 bits per heavy atom. The summed E-state index contributed by atoms with van der Waals surface area (Å²) < 4.78 is 23.8. The molecule has 0 spiro atoms. The molecule has 0 bridgehead atoms. The highest BCUT2D eigenvalue weighted by Gasteiger charge is 2.31. The van der Waals surface area contributed by atoms with Crippen molar-refractivity contribution < 1.29 is 13.2 Å². The van der Waals surface area contributed by atoms with Gasteiger partial charge in [-0.15, -0.1) is 0 Å². The van der Waals surface area contributed by atoms with E-state index < -0.39 is 9.84 Å². The van der Waals surface area contributed by atoms with Gasteiger partial charge in [0.2, 0.25) is 0 Å². The SMILES string of the molecule is CC1CS(=O)(=O)CCN1C(=O)c1ccc(Br)cc1. The third kappa shape index (κ3) is 2.92. The van der Waals surface area contributed by atoms with E-state index in [-0.39, 0.29) is 30.0 Å². The van der Waals surface area contributed by atoms with Crippen molar-refractivity contribution in [3.05, 3.63) is 34.3 Å². The Morgan fingerprint density at radius 2 is 1.94 bits per heavy atom. The molecule has 1 heterocycles. The van der Waals surface area contributed by atoms with Crippen molar-refractivity contribution in [1.29, 1.82) is 0 Å². The van der Waals surface area contributed by atoms with Gasteiger partial charge in [0, 0.05) is 22.6 Å². The van der Waals surface area contributed by atoms with E-state index in [0.29, 0.717) is 5.56 Å². The van der Waals surface area contributed by atoms with E-state index >= 15 is 0 Å². The Labute approximate surface area is 115 Å². The molecule has 1 unspecified atom stereocenters. The summed E-state index contributed by atoms with van der Waals surface area (Å²) >= 11 is 3.31. The summed E-state index contributed by atoms with van der Waals surface area (Å²) in [5, 5.41) is 0. The number of nitrogens with zero attached hydrogens (tertiary/aromatic N) is 1. The third-order valence-corrected chi connectivity index (χ3v) is 5.35. The van der Waals surface area contributed by atoms with Crippen LogP contribution in [0.15, 0.2) is 28.7 Å². The molecule has 0 aromatic heterocycles. The lowest BCUT2D eigenvalue weighted by Crippen LogP contribution is -2.49. The van der Waals surface area contributed by atoms with Crippen LogP contribution in [-0.4, -0.2) is 43.3 Å². The van der Waals surface area contributed by atoms with Crippen LogP contribution in [0.1, 0.15) is 17.3 Å². The fourth-order valence-electron chi connectivity index (χ4n) is 2.06. The average molecular weight is 332 g/mol. The Bertz CT molecular complexity index is 553. The summed E-state index contributed by atoms with van der Waals surface area (Å²) in [6, 6.07) is 6.82. The van der Waals surface area contributed by atoms with Gasteiger partial charge in [-0.05, 0) is 31.2 Å². The van der Waals surface area contributed by atoms with Gasteiger partial charge in [0.25, 0.3) is 5.91 Å². The highest BCUT2D eigenvalue weighted by Crippen LogP contribution is 2.17. The Balaban J connectivity index is 2.17. The standard InChI is InChI=1S/C12H14BrNO3S/c1-9-8-18(16,17)7-6-14(9)12(15)10-2-4-11(13)5-3-10/h2-5,9H,6-8H2,1H3. The monoisotopic (exact) mass is 331 g/mol. The lowest BCUT2D eigenvalue weighted by molar-refractivity contribution is 0.0712.